The minimum absolute atomic E-state index is 0.339. The standard InChI is InChI=1S/C10H16N2O/c1-8(2)11-5-6-12-9(7-11)3-4-10(12)13/h9H,1,3-7H2,2H3/t9-/m0/s1. The summed E-state index contributed by atoms with van der Waals surface area (Å²) >= 11 is 0. The molecule has 0 radical (unpaired) electrons. The maximum atomic E-state index is 11.4. The van der Waals surface area contributed by atoms with Gasteiger partial charge in [0.25, 0.3) is 0 Å². The van der Waals surface area contributed by atoms with Gasteiger partial charge < -0.3 is 9.80 Å². The van der Waals surface area contributed by atoms with Crippen molar-refractivity contribution < 1.29 is 4.79 Å². The second kappa shape index (κ2) is 3.05. The first-order valence-electron chi connectivity index (χ1n) is 4.88. The molecule has 0 aliphatic carbocycles. The molecular weight excluding hydrogens is 164 g/mol. The molecule has 3 heteroatoms. The summed E-state index contributed by atoms with van der Waals surface area (Å²) in [6, 6.07) is 0.456. The highest BCUT2D eigenvalue weighted by molar-refractivity contribution is 5.78. The van der Waals surface area contributed by atoms with Crippen LogP contribution >= 0.6 is 0 Å². The van der Waals surface area contributed by atoms with Crippen LogP contribution in [0.1, 0.15) is 19.8 Å². The molecule has 0 N–H and O–H groups in total. The molecule has 2 heterocycles. The Morgan fingerprint density at radius 2 is 2.31 bits per heavy atom. The van der Waals surface area contributed by atoms with Crippen molar-refractivity contribution in [3.05, 3.63) is 12.3 Å². The number of fused-ring (bicyclic) bond motifs is 1. The number of allylic oxidation sites excluding steroid dienone is 1. The van der Waals surface area contributed by atoms with Crippen molar-refractivity contribution in [1.82, 2.24) is 9.80 Å². The Labute approximate surface area is 79.0 Å². The minimum Gasteiger partial charge on any atom is -0.372 e. The molecule has 72 valence electrons. The molecule has 0 saturated carbocycles. The van der Waals surface area contributed by atoms with E-state index in [1.807, 2.05) is 11.8 Å². The lowest BCUT2D eigenvalue weighted by Gasteiger charge is -2.38. The van der Waals surface area contributed by atoms with Gasteiger partial charge >= 0.3 is 0 Å². The van der Waals surface area contributed by atoms with Gasteiger partial charge in [-0.2, -0.15) is 0 Å². The summed E-state index contributed by atoms with van der Waals surface area (Å²) in [4.78, 5) is 15.7. The minimum atomic E-state index is 0.339. The normalized spacial score (nSPS) is 27.8. The number of carbonyl (C=O) groups excluding carboxylic acids is 1. The molecule has 0 aromatic heterocycles. The molecule has 0 spiro atoms. The van der Waals surface area contributed by atoms with Crippen molar-refractivity contribution in [3.63, 3.8) is 0 Å². The largest absolute Gasteiger partial charge is 0.372 e. The molecular formula is C10H16N2O. The number of hydrogen-bond donors (Lipinski definition) is 0. The Bertz CT molecular complexity index is 249. The lowest BCUT2D eigenvalue weighted by molar-refractivity contribution is -0.130. The second-order valence-corrected chi connectivity index (χ2v) is 3.96. The molecule has 2 aliphatic heterocycles. The van der Waals surface area contributed by atoms with Crippen molar-refractivity contribution in [2.24, 2.45) is 0 Å². The van der Waals surface area contributed by atoms with E-state index in [0.717, 1.165) is 38.2 Å². The molecule has 3 nitrogen and oxygen atoms in total. The highest BCUT2D eigenvalue weighted by Crippen LogP contribution is 2.23. The maximum Gasteiger partial charge on any atom is 0.223 e. The molecule has 2 saturated heterocycles. The third kappa shape index (κ3) is 1.43. The molecule has 0 aromatic rings. The van der Waals surface area contributed by atoms with Gasteiger partial charge in [0.15, 0.2) is 0 Å². The van der Waals surface area contributed by atoms with Crippen LogP contribution in [-0.4, -0.2) is 41.4 Å². The fraction of sp³-hybridized carbons (Fsp3) is 0.700. The molecule has 13 heavy (non-hydrogen) atoms. The number of amides is 1. The molecule has 0 aromatic carbocycles. The average Bonchev–Trinajstić information content (AvgIpc) is 2.47. The van der Waals surface area contributed by atoms with E-state index in [2.05, 4.69) is 11.5 Å². The van der Waals surface area contributed by atoms with Gasteiger partial charge in [0, 0.05) is 37.8 Å². The first kappa shape index (κ1) is 8.60. The van der Waals surface area contributed by atoms with E-state index in [4.69, 9.17) is 0 Å². The zero-order valence-corrected chi connectivity index (χ0v) is 8.12. The lowest BCUT2D eigenvalue weighted by Crippen LogP contribution is -2.50. The Morgan fingerprint density at radius 3 is 3.00 bits per heavy atom. The van der Waals surface area contributed by atoms with Crippen LogP contribution in [0.2, 0.25) is 0 Å². The van der Waals surface area contributed by atoms with Crippen LogP contribution in [0.5, 0.6) is 0 Å². The smallest absolute Gasteiger partial charge is 0.223 e. The fourth-order valence-electron chi connectivity index (χ4n) is 2.21. The van der Waals surface area contributed by atoms with Crippen LogP contribution in [0.4, 0.5) is 0 Å². The predicted octanol–water partition coefficient (Wildman–Crippen LogP) is 0.827. The van der Waals surface area contributed by atoms with E-state index < -0.39 is 0 Å². The lowest BCUT2D eigenvalue weighted by atomic mass is 10.1. The van der Waals surface area contributed by atoms with Gasteiger partial charge in [-0.05, 0) is 13.3 Å². The van der Waals surface area contributed by atoms with Gasteiger partial charge in [-0.3, -0.25) is 4.79 Å². The van der Waals surface area contributed by atoms with Crippen LogP contribution in [-0.2, 0) is 4.79 Å². The van der Waals surface area contributed by atoms with Gasteiger partial charge in [0.05, 0.1) is 0 Å². The van der Waals surface area contributed by atoms with Crippen LogP contribution in [0.3, 0.4) is 0 Å². The maximum absolute atomic E-state index is 11.4. The molecule has 1 atom stereocenters. The topological polar surface area (TPSA) is 23.6 Å². The quantitative estimate of drug-likeness (QED) is 0.596. The third-order valence-electron chi connectivity index (χ3n) is 3.03. The van der Waals surface area contributed by atoms with Crippen LogP contribution in [0.15, 0.2) is 12.3 Å². The molecule has 2 aliphatic rings. The van der Waals surface area contributed by atoms with E-state index in [9.17, 15) is 4.79 Å². The number of nitrogens with zero attached hydrogens (tertiary/aromatic N) is 2. The highest BCUT2D eigenvalue weighted by Gasteiger charge is 2.35. The highest BCUT2D eigenvalue weighted by atomic mass is 16.2. The van der Waals surface area contributed by atoms with Crippen molar-refractivity contribution >= 4 is 5.91 Å². The van der Waals surface area contributed by atoms with Crippen molar-refractivity contribution in [2.45, 2.75) is 25.8 Å². The summed E-state index contributed by atoms with van der Waals surface area (Å²) < 4.78 is 0. The number of hydrogen-bond acceptors (Lipinski definition) is 2. The van der Waals surface area contributed by atoms with Crippen molar-refractivity contribution in [3.8, 4) is 0 Å². The zero-order chi connectivity index (χ0) is 9.42. The number of piperazine rings is 1. The number of rotatable bonds is 1. The predicted molar refractivity (Wildman–Crippen MR) is 51.1 cm³/mol. The van der Waals surface area contributed by atoms with Gasteiger partial charge in [0.2, 0.25) is 5.91 Å². The van der Waals surface area contributed by atoms with E-state index in [1.54, 1.807) is 0 Å². The monoisotopic (exact) mass is 180 g/mol. The average molecular weight is 180 g/mol. The Hall–Kier alpha value is -0.990. The Balaban J connectivity index is 2.03. The van der Waals surface area contributed by atoms with E-state index in [-0.39, 0.29) is 0 Å². The summed E-state index contributed by atoms with van der Waals surface area (Å²) in [5.74, 6) is 0.339. The Kier molecular flexibility index (Phi) is 2.02. The molecule has 2 fully saturated rings. The Morgan fingerprint density at radius 1 is 1.54 bits per heavy atom. The van der Waals surface area contributed by atoms with Crippen LogP contribution in [0.25, 0.3) is 0 Å². The first-order valence-corrected chi connectivity index (χ1v) is 4.88. The molecule has 2 rings (SSSR count). The van der Waals surface area contributed by atoms with E-state index >= 15 is 0 Å². The van der Waals surface area contributed by atoms with E-state index in [1.165, 1.54) is 0 Å². The molecule has 0 bridgehead atoms. The van der Waals surface area contributed by atoms with Crippen molar-refractivity contribution in [2.75, 3.05) is 19.6 Å². The number of carbonyl (C=O) groups is 1. The van der Waals surface area contributed by atoms with Gasteiger partial charge in [-0.15, -0.1) is 0 Å². The molecule has 0 unspecified atom stereocenters. The third-order valence-corrected chi connectivity index (χ3v) is 3.03. The zero-order valence-electron chi connectivity index (χ0n) is 8.12. The fourth-order valence-corrected chi connectivity index (χ4v) is 2.21. The summed E-state index contributed by atoms with van der Waals surface area (Å²) in [6.07, 6.45) is 1.78. The van der Waals surface area contributed by atoms with Crippen molar-refractivity contribution in [1.29, 1.82) is 0 Å². The van der Waals surface area contributed by atoms with Gasteiger partial charge in [-0.1, -0.05) is 6.58 Å². The summed E-state index contributed by atoms with van der Waals surface area (Å²) in [5.41, 5.74) is 1.12. The first-order chi connectivity index (χ1) is 6.18. The second-order valence-electron chi connectivity index (χ2n) is 3.96. The SMILES string of the molecule is C=C(C)N1CCN2C(=O)CC[C@H]2C1. The van der Waals surface area contributed by atoms with Crippen LogP contribution in [0, 0.1) is 0 Å². The van der Waals surface area contributed by atoms with Gasteiger partial charge in [-0.25, -0.2) is 0 Å². The summed E-state index contributed by atoms with van der Waals surface area (Å²) in [6.45, 7) is 8.80. The van der Waals surface area contributed by atoms with E-state index in [0.29, 0.717) is 11.9 Å². The van der Waals surface area contributed by atoms with Crippen LogP contribution < -0.4 is 0 Å². The van der Waals surface area contributed by atoms with Gasteiger partial charge in [0.1, 0.15) is 0 Å². The molecule has 1 amide bonds. The summed E-state index contributed by atoms with van der Waals surface area (Å²) in [7, 11) is 0. The summed E-state index contributed by atoms with van der Waals surface area (Å²) in [5, 5.41) is 0.